The number of sulfone groups is 1. The van der Waals surface area contributed by atoms with Crippen LogP contribution in [0.2, 0.25) is 0 Å². The molecule has 0 fully saturated rings. The van der Waals surface area contributed by atoms with Gasteiger partial charge >= 0.3 is 0 Å². The second kappa shape index (κ2) is 12.9. The molecule has 3 aromatic heterocycles. The first-order valence-electron chi connectivity index (χ1n) is 13.5. The fourth-order valence-electron chi connectivity index (χ4n) is 4.48. The Hall–Kier alpha value is -3.39. The second-order valence-corrected chi connectivity index (χ2v) is 14.3. The lowest BCUT2D eigenvalue weighted by Crippen LogP contribution is -2.41. The fraction of sp³-hybridized carbons (Fsp3) is 0.414. The first-order chi connectivity index (χ1) is 19.4. The van der Waals surface area contributed by atoms with Crippen LogP contribution >= 0.6 is 0 Å². The van der Waals surface area contributed by atoms with Gasteiger partial charge in [-0.2, -0.15) is 9.97 Å². The zero-order valence-corrected chi connectivity index (χ0v) is 26.8. The van der Waals surface area contributed by atoms with Crippen LogP contribution in [0.1, 0.15) is 81.5 Å². The lowest BCUT2D eigenvalue weighted by atomic mass is 9.89. The molecule has 0 spiro atoms. The monoisotopic (exact) mass is 617 g/mol. The summed E-state index contributed by atoms with van der Waals surface area (Å²) in [5, 5.41) is 9.86. The lowest BCUT2D eigenvalue weighted by molar-refractivity contribution is -0.643. The van der Waals surface area contributed by atoms with E-state index in [0.29, 0.717) is 39.5 Å². The van der Waals surface area contributed by atoms with Gasteiger partial charge in [0.2, 0.25) is 9.84 Å². The molecule has 0 amide bonds. The van der Waals surface area contributed by atoms with Gasteiger partial charge in [0.15, 0.2) is 18.2 Å². The van der Waals surface area contributed by atoms with Gasteiger partial charge in [-0.05, 0) is 34.4 Å². The average molecular weight is 618 g/mol. The summed E-state index contributed by atoms with van der Waals surface area (Å²) in [6, 6.07) is 9.23. The maximum atomic E-state index is 11.9. The molecule has 4 rings (SSSR count). The van der Waals surface area contributed by atoms with E-state index in [1.807, 2.05) is 58.0 Å². The molecule has 0 saturated carbocycles. The highest BCUT2D eigenvalue weighted by atomic mass is 32.2. The van der Waals surface area contributed by atoms with Crippen LogP contribution in [0.15, 0.2) is 59.0 Å². The van der Waals surface area contributed by atoms with Crippen LogP contribution in [-0.4, -0.2) is 47.3 Å². The van der Waals surface area contributed by atoms with Crippen molar-refractivity contribution >= 4 is 36.8 Å². The number of aliphatic hydroxyl groups excluding tert-OH is 1. The number of benzene rings is 1. The Morgan fingerprint density at radius 1 is 0.929 bits per heavy atom. The summed E-state index contributed by atoms with van der Waals surface area (Å²) >= 11 is 0. The molecule has 0 aliphatic carbocycles. The summed E-state index contributed by atoms with van der Waals surface area (Å²) in [6.07, 6.45) is 6.28. The number of hydrogen-bond donors (Lipinski definition) is 2. The molecule has 1 aromatic carbocycles. The molecule has 0 bridgehead atoms. The zero-order valence-electron chi connectivity index (χ0n) is 25.2. The molecule has 0 radical (unpaired) electrons. The van der Waals surface area contributed by atoms with Crippen molar-refractivity contribution in [3.05, 3.63) is 71.2 Å². The van der Waals surface area contributed by atoms with Gasteiger partial charge in [-0.25, -0.2) is 16.8 Å². The maximum absolute atomic E-state index is 11.9. The van der Waals surface area contributed by atoms with Crippen LogP contribution < -0.4 is 10.1 Å². The Labute approximate surface area is 247 Å². The minimum atomic E-state index is -4.45. The number of rotatable bonds is 8. The molecular weight excluding hydrogens is 578 g/mol. The van der Waals surface area contributed by atoms with E-state index in [1.54, 1.807) is 34.9 Å². The molecule has 228 valence electrons. The van der Waals surface area contributed by atoms with Crippen molar-refractivity contribution in [2.24, 2.45) is 7.05 Å². The van der Waals surface area contributed by atoms with E-state index >= 15 is 0 Å². The van der Waals surface area contributed by atoms with Crippen molar-refractivity contribution in [1.82, 2.24) is 14.5 Å². The van der Waals surface area contributed by atoms with Crippen molar-refractivity contribution in [2.75, 3.05) is 11.7 Å². The molecule has 11 nitrogen and oxygen atoms in total. The number of pyridine rings is 1. The van der Waals surface area contributed by atoms with Gasteiger partial charge in [0.25, 0.3) is 5.16 Å². The van der Waals surface area contributed by atoms with Crippen LogP contribution in [0.5, 0.6) is 0 Å². The van der Waals surface area contributed by atoms with Gasteiger partial charge in [0.05, 0.1) is 16.9 Å². The van der Waals surface area contributed by atoms with E-state index in [1.165, 1.54) is 0 Å². The Morgan fingerprint density at radius 3 is 1.90 bits per heavy atom. The van der Waals surface area contributed by atoms with E-state index in [9.17, 15) is 26.5 Å². The van der Waals surface area contributed by atoms with E-state index in [2.05, 4.69) is 29.2 Å². The predicted octanol–water partition coefficient (Wildman–Crippen LogP) is 3.99. The molecular formula is C29H39N5O6S2. The summed E-state index contributed by atoms with van der Waals surface area (Å²) in [4.78, 5) is 8.24. The van der Waals surface area contributed by atoms with Gasteiger partial charge < -0.3 is 14.2 Å². The third kappa shape index (κ3) is 7.51. The van der Waals surface area contributed by atoms with Crippen molar-refractivity contribution < 1.29 is 31.2 Å². The molecule has 0 aliphatic heterocycles. The normalized spacial score (nSPS) is 12.2. The van der Waals surface area contributed by atoms with E-state index < -0.39 is 20.0 Å². The molecule has 3 heterocycles. The topological polar surface area (TPSA) is 158 Å². The lowest BCUT2D eigenvalue weighted by Gasteiger charge is -2.24. The standard InChI is InChI=1S/C15H24O3S.C14H16N5O3S/c1-9(2)12-7-13(10(3)4)15(19(16,17)18)14(8-12)11(5)6;1-18-8-10(9-20)11-12(17-19-6-4-3-5-7-19)15-14(16-13(11)18)23(2,21)22/h7-11H,1-6H3,(H,16,17,18);3-8,20H,9H2,1-2H3,(H,15,16,17)/q;+1/p-1. The number of aliphatic hydroxyl groups is 1. The number of fused-ring (bicyclic) bond motifs is 1. The Kier molecular flexibility index (Phi) is 10.1. The highest BCUT2D eigenvalue weighted by Crippen LogP contribution is 2.34. The predicted molar refractivity (Wildman–Crippen MR) is 160 cm³/mol. The smallest absolute Gasteiger partial charge is 0.250 e. The Balaban J connectivity index is 0.000000236. The van der Waals surface area contributed by atoms with E-state index in [4.69, 9.17) is 0 Å². The average Bonchev–Trinajstić information content (AvgIpc) is 3.23. The van der Waals surface area contributed by atoms with Gasteiger partial charge in [0, 0.05) is 37.2 Å². The molecule has 4 aromatic rings. The number of nitrogens with zero attached hydrogens (tertiary/aromatic N) is 4. The Morgan fingerprint density at radius 2 is 1.48 bits per heavy atom. The van der Waals surface area contributed by atoms with Gasteiger partial charge in [0.1, 0.15) is 15.8 Å². The van der Waals surface area contributed by atoms with E-state index in [-0.39, 0.29) is 28.5 Å². The summed E-state index contributed by atoms with van der Waals surface area (Å²) in [7, 11) is -6.28. The molecule has 2 N–H and O–H groups in total. The van der Waals surface area contributed by atoms with Crippen molar-refractivity contribution in [2.45, 2.75) is 76.0 Å². The largest absolute Gasteiger partial charge is 0.744 e. The van der Waals surface area contributed by atoms with Crippen molar-refractivity contribution in [3.63, 3.8) is 0 Å². The molecule has 0 saturated heterocycles. The third-order valence-electron chi connectivity index (χ3n) is 6.66. The van der Waals surface area contributed by atoms with Crippen LogP contribution in [0.3, 0.4) is 0 Å². The SMILES string of the molecule is CC(C)c1cc(C(C)C)c(S(=O)(=O)[O-])c(C(C)C)c1.Cn1cc(CO)c2c(N[n+]3ccccc3)nc(S(C)(=O)=O)nc21. The van der Waals surface area contributed by atoms with Gasteiger partial charge in [-0.1, -0.05) is 64.4 Å². The van der Waals surface area contributed by atoms with Crippen LogP contribution in [0.25, 0.3) is 11.0 Å². The quantitative estimate of drug-likeness (QED) is 0.169. The number of hydrogen-bond acceptors (Lipinski definition) is 9. The fourth-order valence-corrected chi connectivity index (χ4v) is 6.16. The number of aromatic nitrogens is 4. The van der Waals surface area contributed by atoms with Crippen molar-refractivity contribution in [3.8, 4) is 0 Å². The number of anilines is 1. The Bertz CT molecular complexity index is 1750. The summed E-state index contributed by atoms with van der Waals surface area (Å²) in [5.41, 5.74) is 6.44. The van der Waals surface area contributed by atoms with Crippen LogP contribution in [0, 0.1) is 0 Å². The number of aryl methyl sites for hydroxylation is 1. The summed E-state index contributed by atoms with van der Waals surface area (Å²) < 4.78 is 61.8. The molecule has 0 atom stereocenters. The first-order valence-corrected chi connectivity index (χ1v) is 16.8. The highest BCUT2D eigenvalue weighted by Gasteiger charge is 2.23. The molecule has 0 aliphatic rings. The van der Waals surface area contributed by atoms with Gasteiger partial charge in [-0.15, -0.1) is 5.43 Å². The zero-order chi connectivity index (χ0) is 31.6. The summed E-state index contributed by atoms with van der Waals surface area (Å²) in [5.74, 6) is 0.638. The third-order valence-corrected chi connectivity index (χ3v) is 8.47. The van der Waals surface area contributed by atoms with Crippen LogP contribution in [-0.2, 0) is 33.6 Å². The first kappa shape index (κ1) is 33.1. The molecule has 42 heavy (non-hydrogen) atoms. The minimum Gasteiger partial charge on any atom is -0.744 e. The maximum Gasteiger partial charge on any atom is 0.250 e. The van der Waals surface area contributed by atoms with E-state index in [0.717, 1.165) is 11.8 Å². The van der Waals surface area contributed by atoms with Gasteiger partial charge in [-0.3, -0.25) is 0 Å². The van der Waals surface area contributed by atoms with Crippen molar-refractivity contribution in [1.29, 1.82) is 0 Å². The summed E-state index contributed by atoms with van der Waals surface area (Å²) in [6.45, 7) is 11.6. The molecule has 13 heteroatoms. The second-order valence-electron chi connectivity index (χ2n) is 11.1. The highest BCUT2D eigenvalue weighted by molar-refractivity contribution is 7.90. The number of nitrogens with one attached hydrogen (secondary N) is 1. The molecule has 0 unspecified atom stereocenters. The minimum absolute atomic E-state index is 0.00919. The van der Waals surface area contributed by atoms with Crippen LogP contribution in [0.4, 0.5) is 5.82 Å².